The molecule has 0 bridgehead atoms. The Bertz CT molecular complexity index is 760. The number of cyclic esters (lactones) is 1. The fraction of sp³-hybridized carbons (Fsp3) is 0.438. The summed E-state index contributed by atoms with van der Waals surface area (Å²) in [6, 6.07) is 7.63. The van der Waals surface area contributed by atoms with E-state index in [1.54, 1.807) is 0 Å². The normalized spacial score (nSPS) is 20.6. The zero-order valence-electron chi connectivity index (χ0n) is 13.0. The molecule has 1 aromatic carbocycles. The number of carbonyl (C=O) groups is 1. The Morgan fingerprint density at radius 2 is 2.00 bits per heavy atom. The molecular weight excluding hydrogens is 348 g/mol. The van der Waals surface area contributed by atoms with Gasteiger partial charge in [-0.25, -0.2) is 0 Å². The zero-order valence-corrected chi connectivity index (χ0v) is 14.6. The third-order valence-corrected chi connectivity index (χ3v) is 5.74. The molecule has 2 aliphatic rings. The molecular formula is C16H17ClN4O2S. The average molecular weight is 365 g/mol. The highest BCUT2D eigenvalue weighted by molar-refractivity contribution is 8.00. The molecule has 126 valence electrons. The molecule has 0 aliphatic carbocycles. The van der Waals surface area contributed by atoms with Crippen LogP contribution in [0.5, 0.6) is 0 Å². The van der Waals surface area contributed by atoms with Crippen LogP contribution in [0.1, 0.15) is 19.3 Å². The third kappa shape index (κ3) is 2.86. The maximum absolute atomic E-state index is 11.8. The topological polar surface area (TPSA) is 60.2 Å². The maximum Gasteiger partial charge on any atom is 0.319 e. The van der Waals surface area contributed by atoms with Crippen molar-refractivity contribution in [3.8, 4) is 5.69 Å². The molecule has 0 saturated carbocycles. The van der Waals surface area contributed by atoms with Crippen molar-refractivity contribution in [2.24, 2.45) is 0 Å². The molecule has 8 heteroatoms. The Labute approximate surface area is 149 Å². The first-order valence-corrected chi connectivity index (χ1v) is 9.28. The molecule has 2 saturated heterocycles. The van der Waals surface area contributed by atoms with Crippen LogP contribution in [0.15, 0.2) is 29.4 Å². The summed E-state index contributed by atoms with van der Waals surface area (Å²) in [7, 11) is 0. The minimum Gasteiger partial charge on any atom is -0.465 e. The van der Waals surface area contributed by atoms with Gasteiger partial charge in [0.1, 0.15) is 5.25 Å². The van der Waals surface area contributed by atoms with E-state index in [1.165, 1.54) is 11.8 Å². The number of hydrogen-bond donors (Lipinski definition) is 0. The molecule has 0 N–H and O–H groups in total. The molecule has 0 amide bonds. The van der Waals surface area contributed by atoms with Crippen molar-refractivity contribution in [2.45, 2.75) is 29.7 Å². The zero-order chi connectivity index (χ0) is 16.5. The number of anilines is 1. The van der Waals surface area contributed by atoms with Crippen LogP contribution >= 0.6 is 23.4 Å². The van der Waals surface area contributed by atoms with Crippen LogP contribution in [-0.2, 0) is 9.53 Å². The highest BCUT2D eigenvalue weighted by atomic mass is 35.5. The second kappa shape index (κ2) is 6.64. The Morgan fingerprint density at radius 3 is 2.71 bits per heavy atom. The van der Waals surface area contributed by atoms with Crippen LogP contribution < -0.4 is 4.90 Å². The van der Waals surface area contributed by atoms with Gasteiger partial charge in [0, 0.05) is 19.5 Å². The molecule has 1 unspecified atom stereocenters. The van der Waals surface area contributed by atoms with E-state index >= 15 is 0 Å². The van der Waals surface area contributed by atoms with Gasteiger partial charge in [0.15, 0.2) is 5.16 Å². The van der Waals surface area contributed by atoms with Crippen LogP contribution in [0.25, 0.3) is 5.69 Å². The first-order chi connectivity index (χ1) is 11.7. The highest BCUT2D eigenvalue weighted by Crippen LogP contribution is 2.35. The van der Waals surface area contributed by atoms with E-state index in [1.807, 2.05) is 28.8 Å². The van der Waals surface area contributed by atoms with Crippen molar-refractivity contribution in [3.63, 3.8) is 0 Å². The van der Waals surface area contributed by atoms with E-state index in [9.17, 15) is 4.79 Å². The summed E-state index contributed by atoms with van der Waals surface area (Å²) in [4.78, 5) is 14.0. The summed E-state index contributed by atoms with van der Waals surface area (Å²) in [5, 5.41) is 9.81. The van der Waals surface area contributed by atoms with Crippen LogP contribution in [-0.4, -0.2) is 45.7 Å². The maximum atomic E-state index is 11.8. The molecule has 0 spiro atoms. The molecule has 1 atom stereocenters. The number of esters is 1. The van der Waals surface area contributed by atoms with Gasteiger partial charge in [-0.15, -0.1) is 10.2 Å². The molecule has 0 radical (unpaired) electrons. The second-order valence-corrected chi connectivity index (χ2v) is 7.40. The molecule has 2 aliphatic heterocycles. The van der Waals surface area contributed by atoms with Crippen LogP contribution in [0.3, 0.4) is 0 Å². The number of nitrogens with zero attached hydrogens (tertiary/aromatic N) is 4. The first kappa shape index (κ1) is 15.8. The summed E-state index contributed by atoms with van der Waals surface area (Å²) in [5.41, 5.74) is 0.833. The summed E-state index contributed by atoms with van der Waals surface area (Å²) in [5.74, 6) is 0.603. The molecule has 2 aromatic rings. The van der Waals surface area contributed by atoms with Crippen LogP contribution in [0.2, 0.25) is 5.02 Å². The van der Waals surface area contributed by atoms with Gasteiger partial charge >= 0.3 is 5.97 Å². The summed E-state index contributed by atoms with van der Waals surface area (Å²) < 4.78 is 7.02. The fourth-order valence-electron chi connectivity index (χ4n) is 3.02. The van der Waals surface area contributed by atoms with E-state index in [-0.39, 0.29) is 11.2 Å². The molecule has 1 aromatic heterocycles. The lowest BCUT2D eigenvalue weighted by molar-refractivity contribution is -0.137. The number of carbonyl (C=O) groups excluding carboxylic acids is 1. The monoisotopic (exact) mass is 364 g/mol. The van der Waals surface area contributed by atoms with Crippen LogP contribution in [0, 0.1) is 0 Å². The molecule has 24 heavy (non-hydrogen) atoms. The lowest BCUT2D eigenvalue weighted by Crippen LogP contribution is -2.22. The smallest absolute Gasteiger partial charge is 0.319 e. The van der Waals surface area contributed by atoms with Crippen molar-refractivity contribution < 1.29 is 9.53 Å². The summed E-state index contributed by atoms with van der Waals surface area (Å²) >= 11 is 7.81. The Balaban J connectivity index is 1.76. The Hall–Kier alpha value is -1.73. The number of para-hydroxylation sites is 1. The Kier molecular flexibility index (Phi) is 4.37. The highest BCUT2D eigenvalue weighted by Gasteiger charge is 2.31. The van der Waals surface area contributed by atoms with Gasteiger partial charge in [0.2, 0.25) is 5.95 Å². The number of rotatable bonds is 4. The summed E-state index contributed by atoms with van der Waals surface area (Å²) in [6.45, 7) is 2.38. The van der Waals surface area contributed by atoms with E-state index < -0.39 is 0 Å². The number of halogens is 1. The van der Waals surface area contributed by atoms with Gasteiger partial charge < -0.3 is 9.64 Å². The predicted molar refractivity (Wildman–Crippen MR) is 93.0 cm³/mol. The quantitative estimate of drug-likeness (QED) is 0.777. The predicted octanol–water partition coefficient (Wildman–Crippen LogP) is 2.93. The van der Waals surface area contributed by atoms with Gasteiger partial charge in [-0.05, 0) is 25.0 Å². The standard InChI is InChI=1S/C16H17ClN4O2S/c17-11-5-1-2-6-12(11)21-15(20-8-3-4-9-20)18-19-16(21)24-13-7-10-23-14(13)22/h1-2,5-6,13H,3-4,7-10H2. The molecule has 6 nitrogen and oxygen atoms in total. The van der Waals surface area contributed by atoms with Crippen molar-refractivity contribution in [3.05, 3.63) is 29.3 Å². The lowest BCUT2D eigenvalue weighted by Gasteiger charge is -2.19. The van der Waals surface area contributed by atoms with Gasteiger partial charge in [-0.1, -0.05) is 35.5 Å². The molecule has 3 heterocycles. The van der Waals surface area contributed by atoms with Gasteiger partial charge in [-0.2, -0.15) is 0 Å². The lowest BCUT2D eigenvalue weighted by atomic mass is 10.3. The SMILES string of the molecule is O=C1OCCC1Sc1nnc(N2CCCC2)n1-c1ccccc1Cl. The van der Waals surface area contributed by atoms with Crippen molar-refractivity contribution >= 4 is 35.3 Å². The number of benzene rings is 1. The largest absolute Gasteiger partial charge is 0.465 e. The second-order valence-electron chi connectivity index (χ2n) is 5.83. The van der Waals surface area contributed by atoms with Gasteiger partial charge in [0.25, 0.3) is 0 Å². The van der Waals surface area contributed by atoms with Gasteiger partial charge in [0.05, 0.1) is 17.3 Å². The number of thioether (sulfide) groups is 1. The number of hydrogen-bond acceptors (Lipinski definition) is 6. The van der Waals surface area contributed by atoms with Gasteiger partial charge in [-0.3, -0.25) is 9.36 Å². The number of ether oxygens (including phenoxy) is 1. The molecule has 4 rings (SSSR count). The first-order valence-electron chi connectivity index (χ1n) is 8.02. The third-order valence-electron chi connectivity index (χ3n) is 4.23. The van der Waals surface area contributed by atoms with E-state index in [0.29, 0.717) is 23.2 Å². The van der Waals surface area contributed by atoms with Crippen molar-refractivity contribution in [1.82, 2.24) is 14.8 Å². The van der Waals surface area contributed by atoms with Crippen molar-refractivity contribution in [2.75, 3.05) is 24.6 Å². The fourth-order valence-corrected chi connectivity index (χ4v) is 4.24. The van der Waals surface area contributed by atoms with Crippen molar-refractivity contribution in [1.29, 1.82) is 0 Å². The van der Waals surface area contributed by atoms with Crippen LogP contribution in [0.4, 0.5) is 5.95 Å². The van der Waals surface area contributed by atoms with E-state index in [2.05, 4.69) is 15.1 Å². The van der Waals surface area contributed by atoms with E-state index in [4.69, 9.17) is 16.3 Å². The number of aromatic nitrogens is 3. The minimum atomic E-state index is -0.234. The Morgan fingerprint density at radius 1 is 1.21 bits per heavy atom. The average Bonchev–Trinajstić information content (AvgIpc) is 3.30. The summed E-state index contributed by atoms with van der Waals surface area (Å²) in [6.07, 6.45) is 2.98. The minimum absolute atomic E-state index is 0.184. The molecule has 2 fully saturated rings. The van der Waals surface area contributed by atoms with E-state index in [0.717, 1.165) is 37.6 Å².